The Morgan fingerprint density at radius 2 is 2.12 bits per heavy atom. The number of ether oxygens (including phenoxy) is 1. The number of hydrogen-bond donors (Lipinski definition) is 0. The molecule has 0 aliphatic carbocycles. The molecule has 0 radical (unpaired) electrons. The molecule has 0 N–H and O–H groups in total. The fourth-order valence-electron chi connectivity index (χ4n) is 1.91. The first-order valence-corrected chi connectivity index (χ1v) is 5.43. The number of rotatable bonds is 4. The molecule has 2 rings (SSSR count). The highest BCUT2D eigenvalue weighted by Gasteiger charge is 2.46. The van der Waals surface area contributed by atoms with Crippen molar-refractivity contribution in [2.45, 2.75) is 25.4 Å². The highest BCUT2D eigenvalue weighted by molar-refractivity contribution is 5.28. The van der Waals surface area contributed by atoms with E-state index in [1.54, 1.807) is 7.11 Å². The van der Waals surface area contributed by atoms with Gasteiger partial charge in [-0.05, 0) is 24.6 Å². The summed E-state index contributed by atoms with van der Waals surface area (Å²) < 4.78 is 5.11. The Kier molecular flexibility index (Phi) is 2.84. The number of benzene rings is 1. The van der Waals surface area contributed by atoms with Crippen LogP contribution in [0, 0.1) is 11.3 Å². The predicted octanol–water partition coefficient (Wildman–Crippen LogP) is 2.18. The van der Waals surface area contributed by atoms with E-state index < -0.39 is 0 Å². The van der Waals surface area contributed by atoms with Gasteiger partial charge < -0.3 is 4.74 Å². The average Bonchev–Trinajstić information content (AvgIpc) is 2.90. The predicted molar refractivity (Wildman–Crippen MR) is 62.0 cm³/mol. The molecule has 1 heterocycles. The van der Waals surface area contributed by atoms with Crippen LogP contribution in [-0.2, 0) is 6.54 Å². The number of nitriles is 1. The minimum Gasteiger partial charge on any atom is -0.497 e. The highest BCUT2D eigenvalue weighted by Crippen LogP contribution is 2.36. The van der Waals surface area contributed by atoms with Crippen molar-refractivity contribution in [2.24, 2.45) is 0 Å². The standard InChI is InChI=1S/C13H16N2O/c1-13(7-8-14)10-15(13)9-11-3-5-12(16-2)6-4-11/h3-6H,7,9-10H2,1-2H3. The maximum Gasteiger partial charge on any atom is 0.118 e. The first kappa shape index (κ1) is 11.0. The molecule has 0 bridgehead atoms. The molecule has 0 saturated carbocycles. The third kappa shape index (κ3) is 2.17. The van der Waals surface area contributed by atoms with Crippen molar-refractivity contribution in [1.82, 2.24) is 4.90 Å². The molecule has 1 aliphatic rings. The summed E-state index contributed by atoms with van der Waals surface area (Å²) in [5.41, 5.74) is 1.37. The minimum absolute atomic E-state index is 0.106. The van der Waals surface area contributed by atoms with Gasteiger partial charge in [0.15, 0.2) is 0 Å². The molecule has 0 spiro atoms. The van der Waals surface area contributed by atoms with Crippen LogP contribution in [0.4, 0.5) is 0 Å². The van der Waals surface area contributed by atoms with Crippen molar-refractivity contribution in [3.05, 3.63) is 29.8 Å². The molecule has 0 amide bonds. The molecule has 0 aromatic heterocycles. The van der Waals surface area contributed by atoms with Gasteiger partial charge in [-0.2, -0.15) is 5.26 Å². The van der Waals surface area contributed by atoms with Gasteiger partial charge in [-0.25, -0.2) is 0 Å². The van der Waals surface area contributed by atoms with E-state index in [1.165, 1.54) is 5.56 Å². The fraction of sp³-hybridized carbons (Fsp3) is 0.462. The van der Waals surface area contributed by atoms with E-state index in [9.17, 15) is 0 Å². The third-order valence-corrected chi connectivity index (χ3v) is 3.18. The molecule has 1 fully saturated rings. The number of methoxy groups -OCH3 is 1. The maximum atomic E-state index is 8.70. The summed E-state index contributed by atoms with van der Waals surface area (Å²) in [5, 5.41) is 8.70. The smallest absolute Gasteiger partial charge is 0.118 e. The second kappa shape index (κ2) is 4.15. The monoisotopic (exact) mass is 216 g/mol. The van der Waals surface area contributed by atoms with Crippen LogP contribution in [0.25, 0.3) is 0 Å². The Morgan fingerprint density at radius 1 is 1.44 bits per heavy atom. The van der Waals surface area contributed by atoms with Crippen LogP contribution in [0.15, 0.2) is 24.3 Å². The third-order valence-electron chi connectivity index (χ3n) is 3.18. The van der Waals surface area contributed by atoms with Gasteiger partial charge in [-0.15, -0.1) is 0 Å². The number of hydrogen-bond acceptors (Lipinski definition) is 3. The molecule has 2 atom stereocenters. The molecule has 3 heteroatoms. The summed E-state index contributed by atoms with van der Waals surface area (Å²) in [6.45, 7) is 4.08. The summed E-state index contributed by atoms with van der Waals surface area (Å²) >= 11 is 0. The normalized spacial score (nSPS) is 27.2. The van der Waals surface area contributed by atoms with Gasteiger partial charge in [0.1, 0.15) is 5.75 Å². The Hall–Kier alpha value is -1.53. The maximum absolute atomic E-state index is 8.70. The van der Waals surface area contributed by atoms with Gasteiger partial charge in [-0.3, -0.25) is 4.90 Å². The van der Waals surface area contributed by atoms with Gasteiger partial charge in [0, 0.05) is 18.6 Å². The van der Waals surface area contributed by atoms with Crippen molar-refractivity contribution in [1.29, 1.82) is 5.26 Å². The Balaban J connectivity index is 1.94. The Labute approximate surface area is 96.2 Å². The summed E-state index contributed by atoms with van der Waals surface area (Å²) in [6.07, 6.45) is 0.614. The van der Waals surface area contributed by atoms with E-state index in [1.807, 2.05) is 12.1 Å². The first-order valence-electron chi connectivity index (χ1n) is 5.43. The molecule has 1 saturated heterocycles. The minimum atomic E-state index is 0.106. The van der Waals surface area contributed by atoms with E-state index in [0.717, 1.165) is 18.8 Å². The zero-order chi connectivity index (χ0) is 11.6. The van der Waals surface area contributed by atoms with E-state index in [-0.39, 0.29) is 5.54 Å². The van der Waals surface area contributed by atoms with Crippen molar-refractivity contribution in [3.63, 3.8) is 0 Å². The lowest BCUT2D eigenvalue weighted by Gasteiger charge is -2.09. The molecule has 1 aromatic carbocycles. The van der Waals surface area contributed by atoms with Crippen molar-refractivity contribution in [3.8, 4) is 11.8 Å². The average molecular weight is 216 g/mol. The lowest BCUT2D eigenvalue weighted by atomic mass is 10.1. The quantitative estimate of drug-likeness (QED) is 0.724. The van der Waals surface area contributed by atoms with Crippen LogP contribution in [0.2, 0.25) is 0 Å². The van der Waals surface area contributed by atoms with Crippen LogP contribution in [-0.4, -0.2) is 24.1 Å². The van der Waals surface area contributed by atoms with E-state index in [2.05, 4.69) is 30.0 Å². The SMILES string of the molecule is COc1ccc(CN2CC2(C)CC#N)cc1. The van der Waals surface area contributed by atoms with Crippen LogP contribution in [0.1, 0.15) is 18.9 Å². The van der Waals surface area contributed by atoms with Crippen LogP contribution < -0.4 is 4.74 Å². The first-order chi connectivity index (χ1) is 7.68. The zero-order valence-electron chi connectivity index (χ0n) is 9.73. The Morgan fingerprint density at radius 3 is 2.69 bits per heavy atom. The van der Waals surface area contributed by atoms with Gasteiger partial charge in [0.2, 0.25) is 0 Å². The summed E-state index contributed by atoms with van der Waals surface area (Å²) in [5.74, 6) is 0.884. The molecular weight excluding hydrogens is 200 g/mol. The fourth-order valence-corrected chi connectivity index (χ4v) is 1.91. The zero-order valence-corrected chi connectivity index (χ0v) is 9.73. The van der Waals surface area contributed by atoms with E-state index >= 15 is 0 Å². The van der Waals surface area contributed by atoms with Gasteiger partial charge in [0.05, 0.1) is 19.6 Å². The lowest BCUT2D eigenvalue weighted by Crippen LogP contribution is -2.12. The van der Waals surface area contributed by atoms with Crippen LogP contribution >= 0.6 is 0 Å². The summed E-state index contributed by atoms with van der Waals surface area (Å²) in [6, 6.07) is 10.3. The second-order valence-electron chi connectivity index (χ2n) is 4.54. The van der Waals surface area contributed by atoms with Gasteiger partial charge >= 0.3 is 0 Å². The topological polar surface area (TPSA) is 36.0 Å². The van der Waals surface area contributed by atoms with Crippen molar-refractivity contribution < 1.29 is 4.74 Å². The lowest BCUT2D eigenvalue weighted by molar-refractivity contribution is 0.411. The molecule has 16 heavy (non-hydrogen) atoms. The summed E-state index contributed by atoms with van der Waals surface area (Å²) in [4.78, 5) is 2.32. The molecule has 1 aliphatic heterocycles. The van der Waals surface area contributed by atoms with Crippen LogP contribution in [0.3, 0.4) is 0 Å². The Bertz CT molecular complexity index is 407. The summed E-state index contributed by atoms with van der Waals surface area (Å²) in [7, 11) is 1.67. The van der Waals surface area contributed by atoms with E-state index in [0.29, 0.717) is 6.42 Å². The molecule has 84 valence electrons. The van der Waals surface area contributed by atoms with Gasteiger partial charge in [0.25, 0.3) is 0 Å². The van der Waals surface area contributed by atoms with Crippen LogP contribution in [0.5, 0.6) is 5.75 Å². The number of nitrogens with zero attached hydrogens (tertiary/aromatic N) is 2. The van der Waals surface area contributed by atoms with E-state index in [4.69, 9.17) is 10.00 Å². The van der Waals surface area contributed by atoms with Crippen molar-refractivity contribution in [2.75, 3.05) is 13.7 Å². The molecule has 3 nitrogen and oxygen atoms in total. The highest BCUT2D eigenvalue weighted by atomic mass is 16.5. The molecule has 2 unspecified atom stereocenters. The molecular formula is C13H16N2O. The largest absolute Gasteiger partial charge is 0.497 e. The van der Waals surface area contributed by atoms with Gasteiger partial charge in [-0.1, -0.05) is 12.1 Å². The molecule has 1 aromatic rings. The van der Waals surface area contributed by atoms with Crippen molar-refractivity contribution >= 4 is 0 Å². The second-order valence-corrected chi connectivity index (χ2v) is 4.54.